The molecule has 2 aromatic carbocycles. The van der Waals surface area contributed by atoms with Crippen LogP contribution in [0.5, 0.6) is 11.5 Å². The van der Waals surface area contributed by atoms with Crippen LogP contribution in [0.1, 0.15) is 24.5 Å². The summed E-state index contributed by atoms with van der Waals surface area (Å²) in [5, 5.41) is 2.80. The summed E-state index contributed by atoms with van der Waals surface area (Å²) in [6, 6.07) is 9.78. The number of carbonyl (C=O) groups excluding carboxylic acids is 1. The third kappa shape index (κ3) is 3.05. The van der Waals surface area contributed by atoms with Crippen LogP contribution in [0.25, 0.3) is 0 Å². The van der Waals surface area contributed by atoms with Crippen LogP contribution in [0, 0.1) is 5.82 Å². The van der Waals surface area contributed by atoms with Crippen molar-refractivity contribution in [3.8, 4) is 11.5 Å². The van der Waals surface area contributed by atoms with Gasteiger partial charge in [0.1, 0.15) is 11.6 Å². The summed E-state index contributed by atoms with van der Waals surface area (Å²) < 4.78 is 18.8. The molecule has 1 aliphatic rings. The average molecular weight is 285 g/mol. The van der Waals surface area contributed by atoms with Crippen molar-refractivity contribution < 1.29 is 13.9 Å². The van der Waals surface area contributed by atoms with E-state index in [1.807, 2.05) is 12.1 Å². The molecule has 0 aliphatic heterocycles. The van der Waals surface area contributed by atoms with Gasteiger partial charge in [0.25, 0.3) is 0 Å². The molecule has 0 fully saturated rings. The largest absolute Gasteiger partial charge is 0.455 e. The van der Waals surface area contributed by atoms with E-state index in [0.717, 1.165) is 19.3 Å². The maximum absolute atomic E-state index is 12.9. The van der Waals surface area contributed by atoms with Crippen molar-refractivity contribution in [2.24, 2.45) is 0 Å². The Labute approximate surface area is 122 Å². The molecule has 0 aromatic heterocycles. The van der Waals surface area contributed by atoms with Gasteiger partial charge in [0.15, 0.2) is 5.75 Å². The zero-order chi connectivity index (χ0) is 14.8. The predicted molar refractivity (Wildman–Crippen MR) is 79.2 cm³/mol. The van der Waals surface area contributed by atoms with Crippen LogP contribution in [0.4, 0.5) is 10.1 Å². The summed E-state index contributed by atoms with van der Waals surface area (Å²) in [6.07, 6.45) is 3.17. The number of ether oxygens (including phenoxy) is 1. The number of nitrogens with one attached hydrogen (secondary N) is 1. The van der Waals surface area contributed by atoms with Crippen LogP contribution in [-0.4, -0.2) is 5.91 Å². The van der Waals surface area contributed by atoms with Crippen molar-refractivity contribution in [2.75, 3.05) is 5.32 Å². The molecular formula is C17H16FNO2. The molecule has 0 unspecified atom stereocenters. The minimum absolute atomic E-state index is 0.142. The lowest BCUT2D eigenvalue weighted by atomic mass is 10.1. The van der Waals surface area contributed by atoms with E-state index in [9.17, 15) is 9.18 Å². The maximum atomic E-state index is 12.9. The number of benzene rings is 2. The number of hydrogen-bond donors (Lipinski definition) is 1. The number of carbonyl (C=O) groups is 1. The smallest absolute Gasteiger partial charge is 0.221 e. The second-order valence-corrected chi connectivity index (χ2v) is 5.21. The van der Waals surface area contributed by atoms with Gasteiger partial charge in [-0.2, -0.15) is 0 Å². The molecule has 0 heterocycles. The highest BCUT2D eigenvalue weighted by Gasteiger charge is 2.16. The minimum Gasteiger partial charge on any atom is -0.455 e. The fourth-order valence-electron chi connectivity index (χ4n) is 2.60. The molecule has 0 radical (unpaired) electrons. The van der Waals surface area contributed by atoms with Crippen molar-refractivity contribution in [2.45, 2.75) is 26.2 Å². The van der Waals surface area contributed by atoms with Crippen LogP contribution in [0.3, 0.4) is 0 Å². The van der Waals surface area contributed by atoms with Crippen molar-refractivity contribution in [1.29, 1.82) is 0 Å². The molecule has 4 heteroatoms. The van der Waals surface area contributed by atoms with E-state index in [0.29, 0.717) is 17.2 Å². The van der Waals surface area contributed by atoms with E-state index in [1.54, 1.807) is 12.1 Å². The fraction of sp³-hybridized carbons (Fsp3) is 0.235. The van der Waals surface area contributed by atoms with Crippen LogP contribution >= 0.6 is 0 Å². The number of halogens is 1. The third-order valence-electron chi connectivity index (χ3n) is 3.55. The number of fused-ring (bicyclic) bond motifs is 1. The maximum Gasteiger partial charge on any atom is 0.221 e. The molecule has 3 nitrogen and oxygen atoms in total. The number of amides is 1. The summed E-state index contributed by atoms with van der Waals surface area (Å²) in [7, 11) is 0. The van der Waals surface area contributed by atoms with Gasteiger partial charge in [-0.25, -0.2) is 4.39 Å². The topological polar surface area (TPSA) is 38.3 Å². The highest BCUT2D eigenvalue weighted by Crippen LogP contribution is 2.36. The average Bonchev–Trinajstić information content (AvgIpc) is 2.88. The van der Waals surface area contributed by atoms with Crippen molar-refractivity contribution in [3.05, 3.63) is 53.3 Å². The number of rotatable bonds is 3. The molecular weight excluding hydrogens is 269 g/mol. The molecule has 0 saturated heterocycles. The Bertz CT molecular complexity index is 680. The molecule has 108 valence electrons. The van der Waals surface area contributed by atoms with Gasteiger partial charge in [0.05, 0.1) is 5.69 Å². The molecule has 2 aromatic rings. The Morgan fingerprint density at radius 3 is 2.48 bits per heavy atom. The first-order valence-corrected chi connectivity index (χ1v) is 6.98. The van der Waals surface area contributed by atoms with E-state index in [1.165, 1.54) is 30.2 Å². The molecule has 0 spiro atoms. The van der Waals surface area contributed by atoms with Crippen LogP contribution in [0.2, 0.25) is 0 Å². The van der Waals surface area contributed by atoms with E-state index in [4.69, 9.17) is 4.74 Å². The number of anilines is 1. The van der Waals surface area contributed by atoms with Gasteiger partial charge in [0.2, 0.25) is 5.91 Å². The van der Waals surface area contributed by atoms with Crippen molar-refractivity contribution in [3.63, 3.8) is 0 Å². The zero-order valence-corrected chi connectivity index (χ0v) is 11.8. The number of hydrogen-bond acceptors (Lipinski definition) is 2. The molecule has 1 N–H and O–H groups in total. The summed E-state index contributed by atoms with van der Waals surface area (Å²) >= 11 is 0. The monoisotopic (exact) mass is 285 g/mol. The van der Waals surface area contributed by atoms with Crippen LogP contribution in [0.15, 0.2) is 36.4 Å². The molecule has 0 atom stereocenters. The molecule has 1 amide bonds. The molecule has 3 rings (SSSR count). The first-order chi connectivity index (χ1) is 10.1. The standard InChI is InChI=1S/C17H16FNO2/c1-11(20)19-16-9-12-3-2-4-13(12)10-17(16)21-15-7-5-14(18)6-8-15/h5-10H,2-4H2,1H3,(H,19,20). The molecule has 1 aliphatic carbocycles. The Hall–Kier alpha value is -2.36. The molecule has 0 bridgehead atoms. The summed E-state index contributed by atoms with van der Waals surface area (Å²) in [5.74, 6) is 0.689. The van der Waals surface area contributed by atoms with E-state index < -0.39 is 0 Å². The van der Waals surface area contributed by atoms with Gasteiger partial charge in [-0.05, 0) is 66.8 Å². The normalized spacial score (nSPS) is 12.9. The van der Waals surface area contributed by atoms with E-state index in [-0.39, 0.29) is 11.7 Å². The van der Waals surface area contributed by atoms with Crippen LogP contribution < -0.4 is 10.1 Å². The molecule has 0 saturated carbocycles. The predicted octanol–water partition coefficient (Wildman–Crippen LogP) is 4.07. The highest BCUT2D eigenvalue weighted by atomic mass is 19.1. The lowest BCUT2D eigenvalue weighted by Gasteiger charge is -2.14. The van der Waals surface area contributed by atoms with Crippen LogP contribution in [-0.2, 0) is 17.6 Å². The SMILES string of the molecule is CC(=O)Nc1cc2c(cc1Oc1ccc(F)cc1)CCC2. The summed E-state index contributed by atoms with van der Waals surface area (Å²) in [5.41, 5.74) is 3.17. The van der Waals surface area contributed by atoms with Gasteiger partial charge < -0.3 is 10.1 Å². The summed E-state index contributed by atoms with van der Waals surface area (Å²) in [4.78, 5) is 11.3. The summed E-state index contributed by atoms with van der Waals surface area (Å²) in [6.45, 7) is 1.47. The Morgan fingerprint density at radius 2 is 1.81 bits per heavy atom. The fourth-order valence-corrected chi connectivity index (χ4v) is 2.60. The minimum atomic E-state index is -0.307. The Kier molecular flexibility index (Phi) is 3.60. The number of aryl methyl sites for hydroxylation is 2. The van der Waals surface area contributed by atoms with Gasteiger partial charge >= 0.3 is 0 Å². The lowest BCUT2D eigenvalue weighted by Crippen LogP contribution is -2.07. The van der Waals surface area contributed by atoms with Gasteiger partial charge in [-0.3, -0.25) is 4.79 Å². The van der Waals surface area contributed by atoms with Gasteiger partial charge in [-0.15, -0.1) is 0 Å². The Balaban J connectivity index is 1.95. The molecule has 21 heavy (non-hydrogen) atoms. The highest BCUT2D eigenvalue weighted by molar-refractivity contribution is 5.90. The first-order valence-electron chi connectivity index (χ1n) is 6.98. The zero-order valence-electron chi connectivity index (χ0n) is 11.8. The van der Waals surface area contributed by atoms with Gasteiger partial charge in [0, 0.05) is 6.92 Å². The van der Waals surface area contributed by atoms with Crippen molar-refractivity contribution in [1.82, 2.24) is 0 Å². The van der Waals surface area contributed by atoms with E-state index in [2.05, 4.69) is 5.32 Å². The quantitative estimate of drug-likeness (QED) is 0.923. The first kappa shape index (κ1) is 13.6. The van der Waals surface area contributed by atoms with E-state index >= 15 is 0 Å². The Morgan fingerprint density at radius 1 is 1.14 bits per heavy atom. The third-order valence-corrected chi connectivity index (χ3v) is 3.55. The lowest BCUT2D eigenvalue weighted by molar-refractivity contribution is -0.114. The van der Waals surface area contributed by atoms with Crippen molar-refractivity contribution >= 4 is 11.6 Å². The second-order valence-electron chi connectivity index (χ2n) is 5.21. The van der Waals surface area contributed by atoms with Gasteiger partial charge in [-0.1, -0.05) is 0 Å². The second kappa shape index (κ2) is 5.56.